The van der Waals surface area contributed by atoms with Gasteiger partial charge in [-0.25, -0.2) is 0 Å². The second kappa shape index (κ2) is 11.9. The average Bonchev–Trinajstić information content (AvgIpc) is 3.28. The Balaban J connectivity index is 0.00000181. The van der Waals surface area contributed by atoms with Crippen molar-refractivity contribution in [3.63, 3.8) is 0 Å². The van der Waals surface area contributed by atoms with E-state index in [0.29, 0.717) is 17.9 Å². The molecule has 1 fully saturated rings. The summed E-state index contributed by atoms with van der Waals surface area (Å²) in [5.41, 5.74) is 1.43. The second-order valence-corrected chi connectivity index (χ2v) is 7.63. The average molecular weight is 479 g/mol. The molecule has 172 valence electrons. The van der Waals surface area contributed by atoms with Crippen molar-refractivity contribution in [1.29, 1.82) is 0 Å². The monoisotopic (exact) mass is 478 g/mol. The van der Waals surface area contributed by atoms with Crippen LogP contribution in [-0.4, -0.2) is 33.4 Å². The lowest BCUT2D eigenvalue weighted by Crippen LogP contribution is -2.39. The van der Waals surface area contributed by atoms with Crippen LogP contribution in [-0.2, 0) is 13.1 Å². The van der Waals surface area contributed by atoms with E-state index in [1.54, 1.807) is 28.0 Å². The molecule has 7 nitrogen and oxygen atoms in total. The molecule has 1 saturated heterocycles. The Morgan fingerprint density at radius 2 is 1.94 bits per heavy atom. The first-order chi connectivity index (χ1) is 14.6. The van der Waals surface area contributed by atoms with Crippen molar-refractivity contribution in [3.05, 3.63) is 88.0 Å². The summed E-state index contributed by atoms with van der Waals surface area (Å²) in [5.74, 6) is 0.356. The molecule has 1 amide bonds. The van der Waals surface area contributed by atoms with Crippen LogP contribution < -0.4 is 10.9 Å². The molecule has 3 aromatic heterocycles. The Morgan fingerprint density at radius 1 is 1.16 bits per heavy atom. The Bertz CT molecular complexity index is 1050. The third kappa shape index (κ3) is 5.79. The lowest BCUT2D eigenvalue weighted by molar-refractivity contribution is 0.0711. The number of hydrogen-bond donors (Lipinski definition) is 1. The molecule has 0 aromatic carbocycles. The van der Waals surface area contributed by atoms with Gasteiger partial charge in [0, 0.05) is 18.4 Å². The third-order valence-corrected chi connectivity index (χ3v) is 5.54. The predicted molar refractivity (Wildman–Crippen MR) is 128 cm³/mol. The molecular formula is C23H28Cl2N4O3. The van der Waals surface area contributed by atoms with Crippen molar-refractivity contribution in [2.45, 2.75) is 38.9 Å². The lowest BCUT2D eigenvalue weighted by Gasteiger charge is -2.26. The van der Waals surface area contributed by atoms with Crippen molar-refractivity contribution in [1.82, 2.24) is 19.8 Å². The van der Waals surface area contributed by atoms with E-state index in [2.05, 4.69) is 10.3 Å². The molecule has 1 aliphatic rings. The molecule has 0 unspecified atom stereocenters. The van der Waals surface area contributed by atoms with Crippen LogP contribution in [0.25, 0.3) is 0 Å². The first-order valence-corrected chi connectivity index (χ1v) is 10.3. The molecule has 9 heteroatoms. The molecule has 0 aliphatic carbocycles. The Morgan fingerprint density at radius 3 is 2.59 bits per heavy atom. The van der Waals surface area contributed by atoms with Crippen LogP contribution in [0.3, 0.4) is 0 Å². The van der Waals surface area contributed by atoms with Gasteiger partial charge in [0.15, 0.2) is 0 Å². The van der Waals surface area contributed by atoms with E-state index >= 15 is 0 Å². The summed E-state index contributed by atoms with van der Waals surface area (Å²) in [7, 11) is 0. The minimum atomic E-state index is -0.303. The number of pyridine rings is 2. The number of nitrogens with zero attached hydrogens (tertiary/aromatic N) is 3. The summed E-state index contributed by atoms with van der Waals surface area (Å²) in [6.07, 6.45) is 6.85. The zero-order valence-electron chi connectivity index (χ0n) is 17.9. The molecule has 4 heterocycles. The highest BCUT2D eigenvalue weighted by atomic mass is 35.5. The molecule has 1 aliphatic heterocycles. The quantitative estimate of drug-likeness (QED) is 0.583. The SMILES string of the molecule is Cc1ccn(C2CCNCC2)c(=O)c1C(=O)N(Cc1ccccn1)Cc1ccco1.Cl.Cl. The van der Waals surface area contributed by atoms with Crippen molar-refractivity contribution >= 4 is 30.7 Å². The van der Waals surface area contributed by atoms with E-state index in [9.17, 15) is 9.59 Å². The number of halogens is 2. The predicted octanol–water partition coefficient (Wildman–Crippen LogP) is 3.76. The molecule has 0 atom stereocenters. The number of carbonyl (C=O) groups is 1. The number of aromatic nitrogens is 2. The van der Waals surface area contributed by atoms with Gasteiger partial charge in [-0.3, -0.25) is 14.6 Å². The van der Waals surface area contributed by atoms with E-state index < -0.39 is 0 Å². The molecule has 0 spiro atoms. The lowest BCUT2D eigenvalue weighted by atomic mass is 10.0. The van der Waals surface area contributed by atoms with Crippen molar-refractivity contribution in [2.75, 3.05) is 13.1 Å². The maximum absolute atomic E-state index is 13.6. The summed E-state index contributed by atoms with van der Waals surface area (Å²) < 4.78 is 7.19. The van der Waals surface area contributed by atoms with E-state index in [1.807, 2.05) is 43.5 Å². The van der Waals surface area contributed by atoms with Crippen LogP contribution in [0.4, 0.5) is 0 Å². The van der Waals surface area contributed by atoms with Gasteiger partial charge in [-0.2, -0.15) is 0 Å². The first-order valence-electron chi connectivity index (χ1n) is 10.3. The molecule has 1 N–H and O–H groups in total. The van der Waals surface area contributed by atoms with E-state index in [4.69, 9.17) is 4.42 Å². The van der Waals surface area contributed by atoms with Gasteiger partial charge in [-0.1, -0.05) is 6.07 Å². The summed E-state index contributed by atoms with van der Waals surface area (Å²) in [6, 6.07) is 11.2. The fraction of sp³-hybridized carbons (Fsp3) is 0.348. The number of rotatable bonds is 6. The van der Waals surface area contributed by atoms with E-state index in [1.165, 1.54) is 0 Å². The Labute approximate surface area is 199 Å². The van der Waals surface area contributed by atoms with Gasteiger partial charge in [0.1, 0.15) is 11.3 Å². The van der Waals surface area contributed by atoms with Gasteiger partial charge in [0.05, 0.1) is 25.0 Å². The molecule has 3 aromatic rings. The van der Waals surface area contributed by atoms with Gasteiger partial charge in [0.2, 0.25) is 0 Å². The van der Waals surface area contributed by atoms with Crippen molar-refractivity contribution in [2.24, 2.45) is 0 Å². The van der Waals surface area contributed by atoms with Crippen LogP contribution in [0.1, 0.15) is 46.3 Å². The summed E-state index contributed by atoms with van der Waals surface area (Å²) >= 11 is 0. The number of furan rings is 1. The highest BCUT2D eigenvalue weighted by Gasteiger charge is 2.26. The fourth-order valence-electron chi connectivity index (χ4n) is 3.91. The summed E-state index contributed by atoms with van der Waals surface area (Å²) in [6.45, 7) is 4.12. The van der Waals surface area contributed by atoms with Crippen LogP contribution >= 0.6 is 24.8 Å². The molecule has 0 saturated carbocycles. The zero-order valence-corrected chi connectivity index (χ0v) is 19.5. The smallest absolute Gasteiger partial charge is 0.263 e. The third-order valence-electron chi connectivity index (χ3n) is 5.54. The number of piperidine rings is 1. The Hall–Kier alpha value is -2.61. The van der Waals surface area contributed by atoms with Crippen LogP contribution in [0.2, 0.25) is 0 Å². The summed E-state index contributed by atoms with van der Waals surface area (Å²) in [5, 5.41) is 3.32. The van der Waals surface area contributed by atoms with Gasteiger partial charge in [-0.05, 0) is 68.8 Å². The highest BCUT2D eigenvalue weighted by molar-refractivity contribution is 5.95. The number of nitrogens with one attached hydrogen (secondary N) is 1. The maximum atomic E-state index is 13.6. The first kappa shape index (κ1) is 25.6. The Kier molecular flexibility index (Phi) is 9.50. The second-order valence-electron chi connectivity index (χ2n) is 7.63. The van der Waals surface area contributed by atoms with E-state index in [-0.39, 0.29) is 54.4 Å². The van der Waals surface area contributed by atoms with Gasteiger partial charge >= 0.3 is 0 Å². The van der Waals surface area contributed by atoms with Crippen LogP contribution in [0.15, 0.2) is 64.3 Å². The minimum absolute atomic E-state index is 0. The van der Waals surface area contributed by atoms with Crippen molar-refractivity contribution in [3.8, 4) is 0 Å². The van der Waals surface area contributed by atoms with Gasteiger partial charge < -0.3 is 19.2 Å². The van der Waals surface area contributed by atoms with Gasteiger partial charge in [0.25, 0.3) is 11.5 Å². The number of amides is 1. The topological polar surface area (TPSA) is 80.4 Å². The van der Waals surface area contributed by atoms with Gasteiger partial charge in [-0.15, -0.1) is 24.8 Å². The molecule has 4 rings (SSSR count). The molecule has 0 bridgehead atoms. The summed E-state index contributed by atoms with van der Waals surface area (Å²) in [4.78, 5) is 32.9. The normalized spacial score (nSPS) is 13.7. The molecule has 0 radical (unpaired) electrons. The fourth-order valence-corrected chi connectivity index (χ4v) is 3.91. The number of carbonyl (C=O) groups excluding carboxylic acids is 1. The molecule has 32 heavy (non-hydrogen) atoms. The highest BCUT2D eigenvalue weighted by Crippen LogP contribution is 2.19. The van der Waals surface area contributed by atoms with Crippen LogP contribution in [0, 0.1) is 6.92 Å². The van der Waals surface area contributed by atoms with Crippen molar-refractivity contribution < 1.29 is 9.21 Å². The number of aryl methyl sites for hydroxylation is 1. The zero-order chi connectivity index (χ0) is 20.9. The van der Waals surface area contributed by atoms with E-state index in [0.717, 1.165) is 31.6 Å². The minimum Gasteiger partial charge on any atom is -0.467 e. The maximum Gasteiger partial charge on any atom is 0.263 e. The number of hydrogen-bond acceptors (Lipinski definition) is 5. The largest absolute Gasteiger partial charge is 0.467 e. The molecular weight excluding hydrogens is 451 g/mol. The standard InChI is InChI=1S/C23H26N4O3.2ClH/c1-17-9-13-27(19-7-11-24-12-8-19)23(29)21(17)22(28)26(16-20-6-4-14-30-20)15-18-5-2-3-10-25-18;;/h2-6,9-10,13-14,19,24H,7-8,11-12,15-16H2,1H3;2*1H. The van der Waals surface area contributed by atoms with Crippen LogP contribution in [0.5, 0.6) is 0 Å².